The molecule has 0 aromatic rings. The second-order valence-electron chi connectivity index (χ2n) is 5.55. The molecule has 1 fully saturated rings. The molecule has 0 spiro atoms. The van der Waals surface area contributed by atoms with Gasteiger partial charge in [-0.05, 0) is 31.2 Å². The van der Waals surface area contributed by atoms with Crippen LogP contribution in [-0.2, 0) is 4.79 Å². The molecule has 0 aromatic heterocycles. The molecular formula is C14H28N2O. The first kappa shape index (κ1) is 14.5. The molecule has 0 heterocycles. The van der Waals surface area contributed by atoms with E-state index in [1.54, 1.807) is 0 Å². The van der Waals surface area contributed by atoms with Crippen molar-refractivity contribution in [3.8, 4) is 0 Å². The van der Waals surface area contributed by atoms with Crippen LogP contribution < -0.4 is 11.1 Å². The van der Waals surface area contributed by atoms with Gasteiger partial charge in [0.15, 0.2) is 0 Å². The van der Waals surface area contributed by atoms with Gasteiger partial charge in [-0.3, -0.25) is 4.79 Å². The lowest BCUT2D eigenvalue weighted by Gasteiger charge is -2.31. The van der Waals surface area contributed by atoms with E-state index in [0.29, 0.717) is 30.8 Å². The maximum atomic E-state index is 11.9. The summed E-state index contributed by atoms with van der Waals surface area (Å²) in [5, 5.41) is 3.19. The normalized spacial score (nSPS) is 26.5. The van der Waals surface area contributed by atoms with Gasteiger partial charge >= 0.3 is 0 Å². The SMILES string of the molecule is CCCC(C)CC(=O)NC1CCCCC1CN. The standard InChI is InChI=1S/C14H28N2O/c1-3-6-11(2)9-14(17)16-13-8-5-4-7-12(13)10-15/h11-13H,3-10,15H2,1-2H3,(H,16,17). The van der Waals surface area contributed by atoms with E-state index in [4.69, 9.17) is 5.73 Å². The molecule has 3 unspecified atom stereocenters. The van der Waals surface area contributed by atoms with Crippen molar-refractivity contribution in [2.45, 2.75) is 64.8 Å². The van der Waals surface area contributed by atoms with Crippen LogP contribution in [-0.4, -0.2) is 18.5 Å². The number of carbonyl (C=O) groups is 1. The summed E-state index contributed by atoms with van der Waals surface area (Å²) >= 11 is 0. The van der Waals surface area contributed by atoms with Gasteiger partial charge < -0.3 is 11.1 Å². The van der Waals surface area contributed by atoms with Crippen LogP contribution in [0.2, 0.25) is 0 Å². The first-order valence-corrected chi connectivity index (χ1v) is 7.16. The first-order valence-electron chi connectivity index (χ1n) is 7.16. The Morgan fingerprint density at radius 1 is 1.41 bits per heavy atom. The lowest BCUT2D eigenvalue weighted by molar-refractivity contribution is -0.123. The van der Waals surface area contributed by atoms with Crippen molar-refractivity contribution in [3.63, 3.8) is 0 Å². The summed E-state index contributed by atoms with van der Waals surface area (Å²) < 4.78 is 0. The third-order valence-electron chi connectivity index (χ3n) is 3.87. The summed E-state index contributed by atoms with van der Waals surface area (Å²) in [6.45, 7) is 5.03. The molecule has 3 nitrogen and oxygen atoms in total. The zero-order valence-corrected chi connectivity index (χ0v) is 11.4. The summed E-state index contributed by atoms with van der Waals surface area (Å²) in [6.07, 6.45) is 7.73. The van der Waals surface area contributed by atoms with Crippen molar-refractivity contribution in [2.75, 3.05) is 6.54 Å². The van der Waals surface area contributed by atoms with Crippen LogP contribution >= 0.6 is 0 Å². The number of nitrogens with one attached hydrogen (secondary N) is 1. The molecule has 3 heteroatoms. The van der Waals surface area contributed by atoms with Crippen molar-refractivity contribution < 1.29 is 4.79 Å². The van der Waals surface area contributed by atoms with Gasteiger partial charge in [0, 0.05) is 12.5 Å². The average Bonchev–Trinajstić information content (AvgIpc) is 2.29. The molecule has 0 aromatic carbocycles. The molecule has 17 heavy (non-hydrogen) atoms. The Hall–Kier alpha value is -0.570. The minimum atomic E-state index is 0.219. The van der Waals surface area contributed by atoms with Crippen molar-refractivity contribution >= 4 is 5.91 Å². The number of carbonyl (C=O) groups excluding carboxylic acids is 1. The Morgan fingerprint density at radius 3 is 2.76 bits per heavy atom. The maximum absolute atomic E-state index is 11.9. The number of hydrogen-bond acceptors (Lipinski definition) is 2. The van der Waals surface area contributed by atoms with Crippen LogP contribution in [0.25, 0.3) is 0 Å². The topological polar surface area (TPSA) is 55.1 Å². The number of hydrogen-bond donors (Lipinski definition) is 2. The highest BCUT2D eigenvalue weighted by Crippen LogP contribution is 2.23. The maximum Gasteiger partial charge on any atom is 0.220 e. The van der Waals surface area contributed by atoms with Crippen LogP contribution in [0.1, 0.15) is 58.8 Å². The van der Waals surface area contributed by atoms with E-state index < -0.39 is 0 Å². The molecule has 3 atom stereocenters. The van der Waals surface area contributed by atoms with Gasteiger partial charge in [0.2, 0.25) is 5.91 Å². The summed E-state index contributed by atoms with van der Waals surface area (Å²) in [5.41, 5.74) is 5.77. The highest BCUT2D eigenvalue weighted by molar-refractivity contribution is 5.76. The van der Waals surface area contributed by atoms with Crippen molar-refractivity contribution in [2.24, 2.45) is 17.6 Å². The predicted octanol–water partition coefficient (Wildman–Crippen LogP) is 2.45. The van der Waals surface area contributed by atoms with Crippen LogP contribution in [0.4, 0.5) is 0 Å². The first-order chi connectivity index (χ1) is 8.17. The smallest absolute Gasteiger partial charge is 0.220 e. The molecule has 0 radical (unpaired) electrons. The fraction of sp³-hybridized carbons (Fsp3) is 0.929. The van der Waals surface area contributed by atoms with Gasteiger partial charge in [-0.25, -0.2) is 0 Å². The zero-order chi connectivity index (χ0) is 12.7. The van der Waals surface area contributed by atoms with Crippen molar-refractivity contribution in [1.29, 1.82) is 0 Å². The van der Waals surface area contributed by atoms with Gasteiger partial charge in [0.25, 0.3) is 0 Å². The molecule has 1 saturated carbocycles. The van der Waals surface area contributed by atoms with E-state index >= 15 is 0 Å². The molecule has 1 aliphatic carbocycles. The summed E-state index contributed by atoms with van der Waals surface area (Å²) in [6, 6.07) is 0.329. The molecule has 0 saturated heterocycles. The van der Waals surface area contributed by atoms with E-state index in [0.717, 1.165) is 19.3 Å². The van der Waals surface area contributed by atoms with E-state index in [1.807, 2.05) is 0 Å². The molecule has 100 valence electrons. The predicted molar refractivity (Wildman–Crippen MR) is 71.6 cm³/mol. The minimum Gasteiger partial charge on any atom is -0.353 e. The summed E-state index contributed by atoms with van der Waals surface area (Å²) in [5.74, 6) is 1.21. The van der Waals surface area contributed by atoms with Crippen LogP contribution in [0.15, 0.2) is 0 Å². The highest BCUT2D eigenvalue weighted by atomic mass is 16.1. The van der Waals surface area contributed by atoms with Gasteiger partial charge in [-0.1, -0.05) is 39.5 Å². The Bertz CT molecular complexity index is 230. The van der Waals surface area contributed by atoms with Gasteiger partial charge in [-0.2, -0.15) is 0 Å². The second kappa shape index (κ2) is 7.70. The molecule has 3 N–H and O–H groups in total. The van der Waals surface area contributed by atoms with Gasteiger partial charge in [0.05, 0.1) is 0 Å². The third kappa shape index (κ3) is 5.07. The minimum absolute atomic E-state index is 0.219. The number of amides is 1. The van der Waals surface area contributed by atoms with E-state index in [1.165, 1.54) is 19.3 Å². The van der Waals surface area contributed by atoms with E-state index in [2.05, 4.69) is 19.2 Å². The third-order valence-corrected chi connectivity index (χ3v) is 3.87. The Morgan fingerprint density at radius 2 is 2.12 bits per heavy atom. The zero-order valence-electron chi connectivity index (χ0n) is 11.4. The lowest BCUT2D eigenvalue weighted by atomic mass is 9.84. The van der Waals surface area contributed by atoms with Gasteiger partial charge in [0.1, 0.15) is 0 Å². The quantitative estimate of drug-likeness (QED) is 0.749. The fourth-order valence-electron chi connectivity index (χ4n) is 2.86. The van der Waals surface area contributed by atoms with Gasteiger partial charge in [-0.15, -0.1) is 0 Å². The summed E-state index contributed by atoms with van der Waals surface area (Å²) in [7, 11) is 0. The Kier molecular flexibility index (Phi) is 6.56. The van der Waals surface area contributed by atoms with E-state index in [9.17, 15) is 4.79 Å². The number of rotatable bonds is 6. The molecule has 1 aliphatic rings. The van der Waals surface area contributed by atoms with Crippen molar-refractivity contribution in [3.05, 3.63) is 0 Å². The molecule has 0 aliphatic heterocycles. The Labute approximate surface area is 106 Å². The molecular weight excluding hydrogens is 212 g/mol. The van der Waals surface area contributed by atoms with E-state index in [-0.39, 0.29) is 5.91 Å². The Balaban J connectivity index is 2.33. The van der Waals surface area contributed by atoms with Crippen LogP contribution in [0, 0.1) is 11.8 Å². The lowest BCUT2D eigenvalue weighted by Crippen LogP contribution is -2.45. The molecule has 1 rings (SSSR count). The monoisotopic (exact) mass is 240 g/mol. The van der Waals surface area contributed by atoms with Crippen molar-refractivity contribution in [1.82, 2.24) is 5.32 Å². The van der Waals surface area contributed by atoms with Crippen LogP contribution in [0.3, 0.4) is 0 Å². The molecule has 0 bridgehead atoms. The van der Waals surface area contributed by atoms with Crippen LogP contribution in [0.5, 0.6) is 0 Å². The summed E-state index contributed by atoms with van der Waals surface area (Å²) in [4.78, 5) is 11.9. The largest absolute Gasteiger partial charge is 0.353 e. The number of nitrogens with two attached hydrogens (primary N) is 1. The second-order valence-corrected chi connectivity index (χ2v) is 5.55. The fourth-order valence-corrected chi connectivity index (χ4v) is 2.86. The molecule has 1 amide bonds. The highest BCUT2D eigenvalue weighted by Gasteiger charge is 2.25. The average molecular weight is 240 g/mol.